The Morgan fingerprint density at radius 3 is 2.69 bits per heavy atom. The van der Waals surface area contributed by atoms with Crippen molar-refractivity contribution in [2.45, 2.75) is 52.0 Å². The maximum atomic E-state index is 13.0. The molecule has 2 aromatic rings. The first-order chi connectivity index (χ1) is 15.0. The fraction of sp³-hybridized carbons (Fsp3) is 0.391. The van der Waals surface area contributed by atoms with Crippen LogP contribution in [0.2, 0.25) is 0 Å². The van der Waals surface area contributed by atoms with Gasteiger partial charge >= 0.3 is 12.6 Å². The van der Waals surface area contributed by atoms with E-state index in [1.165, 1.54) is 12.1 Å². The molecule has 0 aliphatic carbocycles. The largest absolute Gasteiger partial charge is 0.456 e. The molecule has 172 valence electrons. The number of carbonyl (C=O) groups is 2. The molecule has 1 N–H and O–H groups in total. The smallest absolute Gasteiger partial charge is 0.387 e. The molecular formula is C23H25BrF2N2O4. The zero-order valence-corrected chi connectivity index (χ0v) is 19.6. The number of rotatable bonds is 7. The first-order valence-electron chi connectivity index (χ1n) is 10.1. The first kappa shape index (κ1) is 24.1. The highest BCUT2D eigenvalue weighted by Gasteiger charge is 2.33. The van der Waals surface area contributed by atoms with Crippen LogP contribution >= 0.6 is 15.9 Å². The summed E-state index contributed by atoms with van der Waals surface area (Å²) in [6, 6.07) is 11.0. The van der Waals surface area contributed by atoms with Gasteiger partial charge in [-0.05, 0) is 63.1 Å². The third-order valence-corrected chi connectivity index (χ3v) is 5.17. The van der Waals surface area contributed by atoms with E-state index in [2.05, 4.69) is 26.0 Å². The van der Waals surface area contributed by atoms with Crippen LogP contribution in [-0.4, -0.2) is 36.7 Å². The lowest BCUT2D eigenvalue weighted by Crippen LogP contribution is -2.38. The molecule has 0 aromatic heterocycles. The summed E-state index contributed by atoms with van der Waals surface area (Å²) in [4.78, 5) is 27.0. The summed E-state index contributed by atoms with van der Waals surface area (Å²) in [7, 11) is 0. The van der Waals surface area contributed by atoms with Crippen molar-refractivity contribution >= 4 is 33.5 Å². The zero-order valence-electron chi connectivity index (χ0n) is 18.0. The number of amides is 1. The van der Waals surface area contributed by atoms with Crippen LogP contribution in [0.5, 0.6) is 5.75 Å². The molecule has 3 rings (SSSR count). The van der Waals surface area contributed by atoms with Crippen molar-refractivity contribution in [2.75, 3.05) is 11.4 Å². The van der Waals surface area contributed by atoms with Crippen molar-refractivity contribution in [3.05, 3.63) is 58.1 Å². The van der Waals surface area contributed by atoms with Crippen LogP contribution in [0.15, 0.2) is 46.9 Å². The number of benzene rings is 2. The van der Waals surface area contributed by atoms with Crippen molar-refractivity contribution in [2.24, 2.45) is 0 Å². The second kappa shape index (κ2) is 9.95. The minimum Gasteiger partial charge on any atom is -0.456 e. The highest BCUT2D eigenvalue weighted by molar-refractivity contribution is 9.10. The summed E-state index contributed by atoms with van der Waals surface area (Å²) in [5.74, 6) is -0.520. The van der Waals surface area contributed by atoms with Crippen LogP contribution in [0.25, 0.3) is 0 Å². The van der Waals surface area contributed by atoms with Gasteiger partial charge < -0.3 is 19.7 Å². The standard InChI is InChI=1S/C23H25BrF2N2O4/c1-23(2,3)32-21(30)15-10-16(24)12-17(11-15)28-8-7-19(20(28)29)27-13-14-5-4-6-18(9-14)31-22(25)26/h4-6,9-12,19,22,27H,7-8,13H2,1-3H3. The van der Waals surface area contributed by atoms with Gasteiger partial charge in [-0.1, -0.05) is 28.1 Å². The van der Waals surface area contributed by atoms with E-state index in [1.54, 1.807) is 56.0 Å². The molecule has 0 bridgehead atoms. The molecule has 0 spiro atoms. The van der Waals surface area contributed by atoms with E-state index in [0.717, 1.165) is 5.56 Å². The van der Waals surface area contributed by atoms with Gasteiger partial charge in [-0.15, -0.1) is 0 Å². The Morgan fingerprint density at radius 2 is 2.00 bits per heavy atom. The number of ether oxygens (including phenoxy) is 2. The fourth-order valence-corrected chi connectivity index (χ4v) is 3.86. The molecule has 9 heteroatoms. The molecule has 1 unspecified atom stereocenters. The molecule has 0 saturated carbocycles. The zero-order chi connectivity index (χ0) is 23.5. The second-order valence-electron chi connectivity index (χ2n) is 8.44. The van der Waals surface area contributed by atoms with Crippen LogP contribution in [0.1, 0.15) is 43.1 Å². The van der Waals surface area contributed by atoms with Gasteiger partial charge in [-0.3, -0.25) is 4.79 Å². The van der Waals surface area contributed by atoms with E-state index in [4.69, 9.17) is 4.74 Å². The molecular weight excluding hydrogens is 486 g/mol. The fourth-order valence-electron chi connectivity index (χ4n) is 3.38. The van der Waals surface area contributed by atoms with Gasteiger partial charge in [0.2, 0.25) is 5.91 Å². The van der Waals surface area contributed by atoms with Crippen LogP contribution in [-0.2, 0) is 16.1 Å². The minimum atomic E-state index is -2.89. The Balaban J connectivity index is 1.67. The summed E-state index contributed by atoms with van der Waals surface area (Å²) < 4.78 is 35.3. The molecule has 0 radical (unpaired) electrons. The van der Waals surface area contributed by atoms with Gasteiger partial charge in [0, 0.05) is 23.2 Å². The van der Waals surface area contributed by atoms with Gasteiger partial charge in [-0.2, -0.15) is 8.78 Å². The van der Waals surface area contributed by atoms with E-state index < -0.39 is 24.2 Å². The predicted octanol–water partition coefficient (Wildman–Crippen LogP) is 4.90. The average Bonchev–Trinajstić information content (AvgIpc) is 3.05. The van der Waals surface area contributed by atoms with Crippen LogP contribution in [0.3, 0.4) is 0 Å². The average molecular weight is 511 g/mol. The lowest BCUT2D eigenvalue weighted by molar-refractivity contribution is -0.118. The molecule has 1 aliphatic heterocycles. The normalized spacial score (nSPS) is 16.5. The lowest BCUT2D eigenvalue weighted by Gasteiger charge is -2.21. The number of carbonyl (C=O) groups excluding carboxylic acids is 2. The third kappa shape index (κ3) is 6.49. The predicted molar refractivity (Wildman–Crippen MR) is 120 cm³/mol. The number of anilines is 1. The van der Waals surface area contributed by atoms with Crippen LogP contribution in [0, 0.1) is 0 Å². The number of nitrogens with zero attached hydrogens (tertiary/aromatic N) is 1. The Bertz CT molecular complexity index is 994. The van der Waals surface area contributed by atoms with E-state index in [0.29, 0.717) is 35.2 Å². The summed E-state index contributed by atoms with van der Waals surface area (Å²) in [6.07, 6.45) is 0.570. The molecule has 1 saturated heterocycles. The Kier molecular flexibility index (Phi) is 7.51. The highest BCUT2D eigenvalue weighted by atomic mass is 79.9. The molecule has 1 amide bonds. The summed E-state index contributed by atoms with van der Waals surface area (Å²) >= 11 is 3.40. The SMILES string of the molecule is CC(C)(C)OC(=O)c1cc(Br)cc(N2CCC(NCc3cccc(OC(F)F)c3)C2=O)c1. The number of hydrogen-bond acceptors (Lipinski definition) is 5. The Morgan fingerprint density at radius 1 is 1.25 bits per heavy atom. The maximum absolute atomic E-state index is 13.0. The summed E-state index contributed by atoms with van der Waals surface area (Å²) in [5.41, 5.74) is 1.05. The highest BCUT2D eigenvalue weighted by Crippen LogP contribution is 2.28. The van der Waals surface area contributed by atoms with Crippen molar-refractivity contribution in [1.82, 2.24) is 5.32 Å². The van der Waals surface area contributed by atoms with Crippen molar-refractivity contribution < 1.29 is 27.8 Å². The number of nitrogens with one attached hydrogen (secondary N) is 1. The number of alkyl halides is 2. The number of halogens is 3. The van der Waals surface area contributed by atoms with E-state index in [9.17, 15) is 18.4 Å². The topological polar surface area (TPSA) is 67.9 Å². The Labute approximate surface area is 194 Å². The second-order valence-corrected chi connectivity index (χ2v) is 9.35. The quantitative estimate of drug-likeness (QED) is 0.536. The van der Waals surface area contributed by atoms with Crippen LogP contribution in [0.4, 0.5) is 14.5 Å². The monoisotopic (exact) mass is 510 g/mol. The minimum absolute atomic E-state index is 0.0717. The van der Waals surface area contributed by atoms with Crippen molar-refractivity contribution in [3.63, 3.8) is 0 Å². The number of esters is 1. The lowest BCUT2D eigenvalue weighted by atomic mass is 10.1. The molecule has 1 heterocycles. The Hall–Kier alpha value is -2.52. The maximum Gasteiger partial charge on any atom is 0.387 e. The van der Waals surface area contributed by atoms with E-state index >= 15 is 0 Å². The van der Waals surface area contributed by atoms with Crippen LogP contribution < -0.4 is 15.0 Å². The van der Waals surface area contributed by atoms with E-state index in [1.807, 2.05) is 0 Å². The van der Waals surface area contributed by atoms with Gasteiger partial charge in [0.05, 0.1) is 11.6 Å². The van der Waals surface area contributed by atoms with Gasteiger partial charge in [0.15, 0.2) is 0 Å². The molecule has 32 heavy (non-hydrogen) atoms. The molecule has 2 aromatic carbocycles. The number of hydrogen-bond donors (Lipinski definition) is 1. The molecule has 6 nitrogen and oxygen atoms in total. The van der Waals surface area contributed by atoms with Gasteiger partial charge in [-0.25, -0.2) is 4.79 Å². The first-order valence-corrected chi connectivity index (χ1v) is 10.9. The van der Waals surface area contributed by atoms with E-state index in [-0.39, 0.29) is 11.7 Å². The third-order valence-electron chi connectivity index (χ3n) is 4.71. The van der Waals surface area contributed by atoms with Gasteiger partial charge in [0.25, 0.3) is 0 Å². The molecule has 1 aliphatic rings. The molecule has 1 fully saturated rings. The summed E-state index contributed by atoms with van der Waals surface area (Å²) in [5, 5.41) is 3.17. The molecule has 1 atom stereocenters. The van der Waals surface area contributed by atoms with Gasteiger partial charge in [0.1, 0.15) is 11.4 Å². The summed E-state index contributed by atoms with van der Waals surface area (Å²) in [6.45, 7) is 3.29. The van der Waals surface area contributed by atoms with Crippen molar-refractivity contribution in [3.8, 4) is 5.75 Å². The van der Waals surface area contributed by atoms with Crippen molar-refractivity contribution in [1.29, 1.82) is 0 Å².